The molecule has 6 nitrogen and oxygen atoms in total. The summed E-state index contributed by atoms with van der Waals surface area (Å²) in [6.45, 7) is 5.89. The zero-order valence-electron chi connectivity index (χ0n) is 14.6. The van der Waals surface area contributed by atoms with E-state index in [0.717, 1.165) is 28.5 Å². The van der Waals surface area contributed by atoms with Crippen LogP contribution in [0.4, 0.5) is 0 Å². The van der Waals surface area contributed by atoms with Crippen molar-refractivity contribution in [3.63, 3.8) is 0 Å². The standard InChI is InChI=1S/C16H29N5OS/c1-4-10-17-15(22)11-19(3)12-20-16(23)21(13(2)18-20)14-8-6-5-7-9-14/h14H,4-12H2,1-3H3,(H,17,22)/p+1. The average Bonchev–Trinajstić information content (AvgIpc) is 2.80. The van der Waals surface area contributed by atoms with Crippen molar-refractivity contribution in [1.29, 1.82) is 0 Å². The van der Waals surface area contributed by atoms with E-state index in [4.69, 9.17) is 12.2 Å². The van der Waals surface area contributed by atoms with Crippen molar-refractivity contribution in [2.45, 2.75) is 65.1 Å². The Morgan fingerprint density at radius 1 is 1.39 bits per heavy atom. The van der Waals surface area contributed by atoms with Gasteiger partial charge in [0.25, 0.3) is 5.91 Å². The van der Waals surface area contributed by atoms with E-state index in [1.54, 1.807) is 0 Å². The van der Waals surface area contributed by atoms with Gasteiger partial charge in [0.05, 0.1) is 7.05 Å². The summed E-state index contributed by atoms with van der Waals surface area (Å²) in [5.41, 5.74) is 0. The predicted molar refractivity (Wildman–Crippen MR) is 93.0 cm³/mol. The Balaban J connectivity index is 2.00. The number of hydrogen-bond acceptors (Lipinski definition) is 3. The van der Waals surface area contributed by atoms with Crippen LogP contribution < -0.4 is 10.2 Å². The minimum atomic E-state index is 0.0827. The third-order valence-corrected chi connectivity index (χ3v) is 4.84. The molecule has 1 aromatic heterocycles. The molecule has 1 aliphatic carbocycles. The van der Waals surface area contributed by atoms with Gasteiger partial charge < -0.3 is 14.8 Å². The van der Waals surface area contributed by atoms with Crippen LogP contribution in [0.5, 0.6) is 0 Å². The third-order valence-electron chi connectivity index (χ3n) is 4.43. The molecule has 130 valence electrons. The van der Waals surface area contributed by atoms with E-state index in [1.807, 2.05) is 18.7 Å². The molecule has 2 N–H and O–H groups in total. The predicted octanol–water partition coefficient (Wildman–Crippen LogP) is 1.23. The smallest absolute Gasteiger partial charge is 0.275 e. The van der Waals surface area contributed by atoms with Crippen molar-refractivity contribution in [1.82, 2.24) is 19.7 Å². The number of nitrogens with one attached hydrogen (secondary N) is 2. The monoisotopic (exact) mass is 340 g/mol. The first kappa shape index (κ1) is 18.1. The fourth-order valence-corrected chi connectivity index (χ4v) is 3.69. The van der Waals surface area contributed by atoms with Crippen LogP contribution in [-0.4, -0.2) is 40.4 Å². The number of rotatable bonds is 7. The Labute approximate surface area is 143 Å². The molecule has 1 aromatic rings. The molecule has 1 heterocycles. The molecule has 7 heteroatoms. The highest BCUT2D eigenvalue weighted by Gasteiger charge is 2.21. The van der Waals surface area contributed by atoms with E-state index < -0.39 is 0 Å². The normalized spacial score (nSPS) is 17.2. The number of aromatic nitrogens is 3. The molecule has 1 atom stereocenters. The summed E-state index contributed by atoms with van der Waals surface area (Å²) >= 11 is 5.65. The lowest BCUT2D eigenvalue weighted by Gasteiger charge is -2.23. The fourth-order valence-electron chi connectivity index (χ4n) is 3.30. The zero-order valence-corrected chi connectivity index (χ0v) is 15.4. The molecular weight excluding hydrogens is 310 g/mol. The first-order chi connectivity index (χ1) is 11.0. The number of nitrogens with zero attached hydrogens (tertiary/aromatic N) is 3. The van der Waals surface area contributed by atoms with Crippen molar-refractivity contribution in [2.24, 2.45) is 0 Å². The van der Waals surface area contributed by atoms with Crippen LogP contribution in [0, 0.1) is 11.7 Å². The van der Waals surface area contributed by atoms with E-state index in [0.29, 0.717) is 19.3 Å². The van der Waals surface area contributed by atoms with Gasteiger partial charge in [0.1, 0.15) is 5.82 Å². The summed E-state index contributed by atoms with van der Waals surface area (Å²) in [6.07, 6.45) is 7.24. The Kier molecular flexibility index (Phi) is 6.77. The van der Waals surface area contributed by atoms with Crippen LogP contribution >= 0.6 is 12.2 Å². The van der Waals surface area contributed by atoms with Gasteiger partial charge in [-0.3, -0.25) is 4.79 Å². The molecular formula is C16H30N5OS+. The third kappa shape index (κ3) is 4.88. The Bertz CT molecular complexity index is 574. The van der Waals surface area contributed by atoms with Gasteiger partial charge in [-0.15, -0.1) is 0 Å². The molecule has 0 saturated heterocycles. The molecule has 0 aromatic carbocycles. The second-order valence-corrected chi connectivity index (χ2v) is 7.00. The van der Waals surface area contributed by atoms with Crippen LogP contribution in [0.15, 0.2) is 0 Å². The topological polar surface area (TPSA) is 56.3 Å². The van der Waals surface area contributed by atoms with Crippen LogP contribution in [0.25, 0.3) is 0 Å². The highest BCUT2D eigenvalue weighted by atomic mass is 32.1. The molecule has 23 heavy (non-hydrogen) atoms. The zero-order chi connectivity index (χ0) is 16.8. The number of amides is 1. The lowest BCUT2D eigenvalue weighted by molar-refractivity contribution is -0.895. The number of carbonyl (C=O) groups is 1. The lowest BCUT2D eigenvalue weighted by atomic mass is 9.95. The van der Waals surface area contributed by atoms with Crippen molar-refractivity contribution >= 4 is 18.1 Å². The Hall–Kier alpha value is -1.21. The Morgan fingerprint density at radius 2 is 2.09 bits per heavy atom. The minimum Gasteiger partial charge on any atom is -0.351 e. The molecule has 2 rings (SSSR count). The first-order valence-electron chi connectivity index (χ1n) is 8.76. The SMILES string of the molecule is CCCNC(=O)C[NH+](C)Cn1nc(C)n(C2CCCCC2)c1=S. The number of quaternary nitrogens is 1. The van der Waals surface area contributed by atoms with Gasteiger partial charge in [0, 0.05) is 12.6 Å². The summed E-state index contributed by atoms with van der Waals surface area (Å²) in [5.74, 6) is 1.07. The van der Waals surface area contributed by atoms with E-state index in [9.17, 15) is 4.79 Å². The van der Waals surface area contributed by atoms with E-state index in [1.165, 1.54) is 32.1 Å². The molecule has 0 spiro atoms. The van der Waals surface area contributed by atoms with E-state index >= 15 is 0 Å². The van der Waals surface area contributed by atoms with Crippen LogP contribution in [0.3, 0.4) is 0 Å². The molecule has 1 amide bonds. The second-order valence-electron chi connectivity index (χ2n) is 6.63. The summed E-state index contributed by atoms with van der Waals surface area (Å²) < 4.78 is 4.89. The van der Waals surface area contributed by atoms with Crippen LogP contribution in [0.2, 0.25) is 0 Å². The average molecular weight is 341 g/mol. The summed E-state index contributed by atoms with van der Waals surface area (Å²) in [7, 11) is 2.00. The van der Waals surface area contributed by atoms with Gasteiger partial charge >= 0.3 is 0 Å². The van der Waals surface area contributed by atoms with Gasteiger partial charge in [0.15, 0.2) is 13.2 Å². The number of hydrogen-bond donors (Lipinski definition) is 2. The summed E-state index contributed by atoms with van der Waals surface area (Å²) in [4.78, 5) is 12.9. The number of carbonyl (C=O) groups excluding carboxylic acids is 1. The van der Waals surface area contributed by atoms with Crippen LogP contribution in [-0.2, 0) is 11.5 Å². The number of likely N-dealkylation sites (N-methyl/N-ethyl adjacent to an activating group) is 1. The number of aryl methyl sites for hydroxylation is 1. The Morgan fingerprint density at radius 3 is 2.74 bits per heavy atom. The first-order valence-corrected chi connectivity index (χ1v) is 9.17. The van der Waals surface area contributed by atoms with E-state index in [2.05, 4.69) is 21.9 Å². The summed E-state index contributed by atoms with van der Waals surface area (Å²) in [6, 6.07) is 0.498. The van der Waals surface area contributed by atoms with Gasteiger partial charge in [-0.1, -0.05) is 26.2 Å². The second kappa shape index (κ2) is 8.59. The quantitative estimate of drug-likeness (QED) is 0.734. The maximum Gasteiger partial charge on any atom is 0.275 e. The molecule has 1 saturated carbocycles. The van der Waals surface area contributed by atoms with Crippen molar-refractivity contribution in [3.8, 4) is 0 Å². The van der Waals surface area contributed by atoms with Crippen molar-refractivity contribution in [3.05, 3.63) is 10.6 Å². The molecule has 1 unspecified atom stereocenters. The highest BCUT2D eigenvalue weighted by molar-refractivity contribution is 7.71. The fraction of sp³-hybridized carbons (Fsp3) is 0.812. The minimum absolute atomic E-state index is 0.0827. The van der Waals surface area contributed by atoms with Crippen LogP contribution in [0.1, 0.15) is 57.3 Å². The molecule has 0 aliphatic heterocycles. The molecule has 0 bridgehead atoms. The molecule has 1 fully saturated rings. The molecule has 0 radical (unpaired) electrons. The van der Waals surface area contributed by atoms with Gasteiger partial charge in [-0.05, 0) is 38.4 Å². The van der Waals surface area contributed by atoms with Gasteiger partial charge in [-0.2, -0.15) is 9.78 Å². The van der Waals surface area contributed by atoms with Gasteiger partial charge in [0.2, 0.25) is 4.77 Å². The summed E-state index contributed by atoms with van der Waals surface area (Å²) in [5, 5.41) is 7.53. The van der Waals surface area contributed by atoms with Crippen molar-refractivity contribution in [2.75, 3.05) is 20.1 Å². The maximum absolute atomic E-state index is 11.8. The van der Waals surface area contributed by atoms with Gasteiger partial charge in [-0.25, -0.2) is 0 Å². The van der Waals surface area contributed by atoms with Crippen molar-refractivity contribution < 1.29 is 9.69 Å². The molecule has 1 aliphatic rings. The highest BCUT2D eigenvalue weighted by Crippen LogP contribution is 2.29. The maximum atomic E-state index is 11.8. The lowest BCUT2D eigenvalue weighted by Crippen LogP contribution is -3.09. The largest absolute Gasteiger partial charge is 0.351 e. The van der Waals surface area contributed by atoms with E-state index in [-0.39, 0.29) is 5.91 Å².